The van der Waals surface area contributed by atoms with Gasteiger partial charge in [-0.3, -0.25) is 4.90 Å². The number of ether oxygens (including phenoxy) is 1. The van der Waals surface area contributed by atoms with E-state index < -0.39 is 0 Å². The van der Waals surface area contributed by atoms with Crippen molar-refractivity contribution in [1.82, 2.24) is 19.5 Å². The average Bonchev–Trinajstić information content (AvgIpc) is 3.64. The van der Waals surface area contributed by atoms with Crippen molar-refractivity contribution in [2.75, 3.05) is 43.4 Å². The lowest BCUT2D eigenvalue weighted by Crippen LogP contribution is -2.25. The van der Waals surface area contributed by atoms with Crippen molar-refractivity contribution in [1.29, 1.82) is 0 Å². The molecule has 0 radical (unpaired) electrons. The fourth-order valence-electron chi connectivity index (χ4n) is 5.07. The molecule has 0 unspecified atom stereocenters. The molecule has 0 amide bonds. The third-order valence-corrected chi connectivity index (χ3v) is 7.14. The number of halogens is 1. The summed E-state index contributed by atoms with van der Waals surface area (Å²) < 4.78 is 21.2. The highest BCUT2D eigenvalue weighted by Crippen LogP contribution is 2.25. The molecule has 1 saturated heterocycles. The smallest absolute Gasteiger partial charge is 0.247 e. The molecule has 1 aliphatic heterocycles. The highest BCUT2D eigenvalue weighted by atomic mass is 19.1. The molecule has 3 heterocycles. The Morgan fingerprint density at radius 3 is 2.52 bits per heavy atom. The van der Waals surface area contributed by atoms with E-state index in [1.54, 1.807) is 12.1 Å². The zero-order valence-electron chi connectivity index (χ0n) is 22.4. The fraction of sp³-hybridized carbons (Fsp3) is 0.250. The van der Waals surface area contributed by atoms with Gasteiger partial charge < -0.3 is 15.4 Å². The minimum Gasteiger partial charge on any atom is -0.492 e. The van der Waals surface area contributed by atoms with Crippen LogP contribution < -0.4 is 15.4 Å². The topological polar surface area (TPSA) is 66.7 Å². The first-order chi connectivity index (χ1) is 19.7. The lowest BCUT2D eigenvalue weighted by molar-refractivity contribution is 0.238. The van der Waals surface area contributed by atoms with E-state index in [1.807, 2.05) is 65.2 Å². The second-order valence-electron chi connectivity index (χ2n) is 10.1. The van der Waals surface area contributed by atoms with Gasteiger partial charge in [0.05, 0.1) is 5.69 Å². The van der Waals surface area contributed by atoms with Gasteiger partial charge in [0.2, 0.25) is 5.95 Å². The van der Waals surface area contributed by atoms with E-state index in [1.165, 1.54) is 32.0 Å². The number of hydrogen-bond donors (Lipinski definition) is 2. The number of nitrogens with zero attached hydrogens (tertiary/aromatic N) is 4. The quantitative estimate of drug-likeness (QED) is 0.203. The maximum absolute atomic E-state index is 13.5. The lowest BCUT2D eigenvalue weighted by Gasteiger charge is -2.15. The molecule has 6 rings (SSSR count). The molecular weight excluding hydrogens is 503 g/mol. The van der Waals surface area contributed by atoms with Crippen LogP contribution in [0.3, 0.4) is 0 Å². The Labute approximate surface area is 233 Å². The van der Waals surface area contributed by atoms with Gasteiger partial charge in [0.1, 0.15) is 18.2 Å². The molecule has 204 valence electrons. The third kappa shape index (κ3) is 6.40. The Kier molecular flexibility index (Phi) is 7.86. The summed E-state index contributed by atoms with van der Waals surface area (Å²) >= 11 is 0. The molecule has 1 aliphatic rings. The summed E-state index contributed by atoms with van der Waals surface area (Å²) in [6.45, 7) is 4.74. The molecule has 0 spiro atoms. The molecule has 0 aliphatic carbocycles. The number of aromatic nitrogens is 3. The van der Waals surface area contributed by atoms with Crippen LogP contribution in [0.25, 0.3) is 16.9 Å². The lowest BCUT2D eigenvalue weighted by atomic mass is 10.1. The average molecular weight is 537 g/mol. The summed E-state index contributed by atoms with van der Waals surface area (Å²) in [5.74, 6) is 1.18. The SMILES string of the molecule is Fc1cccc(CCNc2cccc(-c3cccc4nc(Nc5ccc(OCCN6CCCC6)cc5)nn34)c2)c1. The van der Waals surface area contributed by atoms with Crippen molar-refractivity contribution in [2.24, 2.45) is 0 Å². The Balaban J connectivity index is 1.10. The van der Waals surface area contributed by atoms with Crippen molar-refractivity contribution in [3.63, 3.8) is 0 Å². The van der Waals surface area contributed by atoms with E-state index >= 15 is 0 Å². The minimum atomic E-state index is -0.205. The maximum atomic E-state index is 13.5. The first kappa shape index (κ1) is 25.8. The predicted molar refractivity (Wildman–Crippen MR) is 158 cm³/mol. The maximum Gasteiger partial charge on any atom is 0.247 e. The van der Waals surface area contributed by atoms with E-state index in [4.69, 9.17) is 9.84 Å². The highest BCUT2D eigenvalue weighted by Gasteiger charge is 2.12. The van der Waals surface area contributed by atoms with Gasteiger partial charge >= 0.3 is 0 Å². The number of likely N-dealkylation sites (tertiary alicyclic amines) is 1. The fourth-order valence-corrected chi connectivity index (χ4v) is 5.07. The van der Waals surface area contributed by atoms with Crippen LogP contribution in [0.15, 0.2) is 91.0 Å². The number of pyridine rings is 1. The molecule has 2 N–H and O–H groups in total. The van der Waals surface area contributed by atoms with Crippen LogP contribution in [0, 0.1) is 5.82 Å². The zero-order chi connectivity index (χ0) is 27.1. The summed E-state index contributed by atoms with van der Waals surface area (Å²) in [5.41, 5.74) is 5.57. The van der Waals surface area contributed by atoms with Crippen molar-refractivity contribution >= 4 is 23.0 Å². The third-order valence-electron chi connectivity index (χ3n) is 7.14. The van der Waals surface area contributed by atoms with Crippen LogP contribution >= 0.6 is 0 Å². The standard InChI is InChI=1S/C32H33FN6O/c33-26-8-3-6-24(22-26)16-17-34-28-9-4-7-25(23-28)30-10-5-11-31-36-32(37-39(30)31)35-27-12-14-29(15-13-27)40-21-20-38-18-1-2-19-38/h3-15,22-23,34H,1-2,16-21H2,(H,35,37). The first-order valence-corrected chi connectivity index (χ1v) is 13.9. The second-order valence-corrected chi connectivity index (χ2v) is 10.1. The van der Waals surface area contributed by atoms with Gasteiger partial charge in [0, 0.05) is 30.0 Å². The summed E-state index contributed by atoms with van der Waals surface area (Å²) in [7, 11) is 0. The van der Waals surface area contributed by atoms with Gasteiger partial charge in [-0.15, -0.1) is 5.10 Å². The Morgan fingerprint density at radius 1 is 0.850 bits per heavy atom. The summed E-state index contributed by atoms with van der Waals surface area (Å²) in [6.07, 6.45) is 3.32. The van der Waals surface area contributed by atoms with Crippen molar-refractivity contribution in [3.8, 4) is 17.0 Å². The largest absolute Gasteiger partial charge is 0.492 e. The van der Waals surface area contributed by atoms with E-state index in [0.29, 0.717) is 19.1 Å². The zero-order valence-corrected chi connectivity index (χ0v) is 22.4. The van der Waals surface area contributed by atoms with Crippen LogP contribution in [0.4, 0.5) is 21.7 Å². The molecule has 3 aromatic carbocycles. The Bertz CT molecular complexity index is 1560. The first-order valence-electron chi connectivity index (χ1n) is 13.9. The number of anilines is 3. The van der Waals surface area contributed by atoms with Crippen LogP contribution in [0.2, 0.25) is 0 Å². The summed E-state index contributed by atoms with van der Waals surface area (Å²) in [5, 5.41) is 11.5. The summed E-state index contributed by atoms with van der Waals surface area (Å²) in [4.78, 5) is 7.13. The van der Waals surface area contributed by atoms with Crippen molar-refractivity contribution in [2.45, 2.75) is 19.3 Å². The molecule has 40 heavy (non-hydrogen) atoms. The van der Waals surface area contributed by atoms with E-state index in [0.717, 1.165) is 52.6 Å². The number of rotatable bonds is 11. The van der Waals surface area contributed by atoms with E-state index in [9.17, 15) is 4.39 Å². The molecule has 1 fully saturated rings. The van der Waals surface area contributed by atoms with E-state index in [-0.39, 0.29) is 5.82 Å². The predicted octanol–water partition coefficient (Wildman–Crippen LogP) is 6.41. The molecule has 8 heteroatoms. The van der Waals surface area contributed by atoms with Gasteiger partial charge in [-0.2, -0.15) is 4.98 Å². The Morgan fingerprint density at radius 2 is 1.68 bits per heavy atom. The van der Waals surface area contributed by atoms with Crippen LogP contribution in [0.1, 0.15) is 18.4 Å². The van der Waals surface area contributed by atoms with Gasteiger partial charge in [-0.1, -0.05) is 30.3 Å². The molecule has 0 saturated carbocycles. The van der Waals surface area contributed by atoms with Crippen molar-refractivity contribution < 1.29 is 9.13 Å². The highest BCUT2D eigenvalue weighted by molar-refractivity contribution is 5.68. The summed E-state index contributed by atoms with van der Waals surface area (Å²) in [6, 6.07) is 28.8. The number of nitrogens with one attached hydrogen (secondary N) is 2. The van der Waals surface area contributed by atoms with Gasteiger partial charge in [0.25, 0.3) is 0 Å². The molecule has 5 aromatic rings. The second kappa shape index (κ2) is 12.2. The number of benzene rings is 3. The van der Waals surface area contributed by atoms with Gasteiger partial charge in [-0.05, 0) is 98.6 Å². The van der Waals surface area contributed by atoms with E-state index in [2.05, 4.69) is 32.7 Å². The molecule has 0 atom stereocenters. The van der Waals surface area contributed by atoms with Crippen LogP contribution in [0.5, 0.6) is 5.75 Å². The molecule has 0 bridgehead atoms. The normalized spacial score (nSPS) is 13.5. The van der Waals surface area contributed by atoms with Gasteiger partial charge in [-0.25, -0.2) is 8.91 Å². The monoisotopic (exact) mass is 536 g/mol. The number of hydrogen-bond acceptors (Lipinski definition) is 6. The molecular formula is C32H33FN6O. The van der Waals surface area contributed by atoms with Gasteiger partial charge in [0.15, 0.2) is 5.65 Å². The Hall–Kier alpha value is -4.43. The molecule has 7 nitrogen and oxygen atoms in total. The van der Waals surface area contributed by atoms with Crippen molar-refractivity contribution in [3.05, 3.63) is 102 Å². The number of fused-ring (bicyclic) bond motifs is 1. The minimum absolute atomic E-state index is 0.205. The molecule has 2 aromatic heterocycles. The van der Waals surface area contributed by atoms with Crippen LogP contribution in [-0.2, 0) is 6.42 Å². The van der Waals surface area contributed by atoms with Crippen LogP contribution in [-0.4, -0.2) is 52.3 Å².